The molecule has 0 atom stereocenters. The molecule has 0 saturated heterocycles. The van der Waals surface area contributed by atoms with Gasteiger partial charge in [0.2, 0.25) is 0 Å². The lowest BCUT2D eigenvalue weighted by Gasteiger charge is -2.20. The van der Waals surface area contributed by atoms with Crippen molar-refractivity contribution in [3.05, 3.63) is 53.6 Å². The molecule has 0 saturated carbocycles. The SMILES string of the molecule is COc1ccc(C#N)cc1OC#CC(C)(C)Oc1ccc(C#N)cc1. The number of nitrogens with zero attached hydrogens (tertiary/aromatic N) is 2. The van der Waals surface area contributed by atoms with Gasteiger partial charge >= 0.3 is 0 Å². The van der Waals surface area contributed by atoms with Gasteiger partial charge in [0.05, 0.1) is 30.4 Å². The minimum absolute atomic E-state index is 0.364. The molecule has 0 amide bonds. The molecular formula is C20H16N2O3. The zero-order valence-electron chi connectivity index (χ0n) is 14.2. The lowest BCUT2D eigenvalue weighted by molar-refractivity contribution is 0.171. The van der Waals surface area contributed by atoms with Gasteiger partial charge in [-0.25, -0.2) is 0 Å². The summed E-state index contributed by atoms with van der Waals surface area (Å²) in [5.41, 5.74) is 0.198. The Kier molecular flexibility index (Phi) is 5.51. The first kappa shape index (κ1) is 17.7. The van der Waals surface area contributed by atoms with Crippen LogP contribution in [-0.2, 0) is 0 Å². The van der Waals surface area contributed by atoms with Crippen molar-refractivity contribution in [1.82, 2.24) is 0 Å². The second-order valence-corrected chi connectivity index (χ2v) is 5.56. The van der Waals surface area contributed by atoms with Crippen molar-refractivity contribution >= 4 is 0 Å². The topological polar surface area (TPSA) is 75.3 Å². The molecule has 0 aliphatic carbocycles. The fourth-order valence-electron chi connectivity index (χ4n) is 1.95. The molecule has 0 unspecified atom stereocenters. The van der Waals surface area contributed by atoms with E-state index in [1.165, 1.54) is 7.11 Å². The maximum Gasteiger partial charge on any atom is 0.183 e. The second-order valence-electron chi connectivity index (χ2n) is 5.56. The van der Waals surface area contributed by atoms with Crippen molar-refractivity contribution in [3.8, 4) is 41.4 Å². The van der Waals surface area contributed by atoms with Gasteiger partial charge in [-0.1, -0.05) is 0 Å². The summed E-state index contributed by atoms with van der Waals surface area (Å²) in [5, 5.41) is 17.8. The Morgan fingerprint density at radius 2 is 1.52 bits per heavy atom. The third-order valence-electron chi connectivity index (χ3n) is 3.16. The molecule has 0 fully saturated rings. The van der Waals surface area contributed by atoms with Crippen molar-refractivity contribution in [2.75, 3.05) is 7.11 Å². The maximum atomic E-state index is 8.96. The van der Waals surface area contributed by atoms with Gasteiger partial charge in [-0.15, -0.1) is 0 Å². The molecule has 2 rings (SSSR count). The smallest absolute Gasteiger partial charge is 0.183 e. The first-order valence-corrected chi connectivity index (χ1v) is 7.44. The number of hydrogen-bond acceptors (Lipinski definition) is 5. The van der Waals surface area contributed by atoms with E-state index in [2.05, 4.69) is 18.1 Å². The normalized spacial score (nSPS) is 9.80. The number of rotatable bonds is 4. The van der Waals surface area contributed by atoms with E-state index in [1.807, 2.05) is 6.07 Å². The van der Waals surface area contributed by atoms with E-state index >= 15 is 0 Å². The third kappa shape index (κ3) is 4.93. The Hall–Kier alpha value is -3.62. The molecule has 0 bridgehead atoms. The van der Waals surface area contributed by atoms with Crippen LogP contribution in [0.2, 0.25) is 0 Å². The Morgan fingerprint density at radius 1 is 0.880 bits per heavy atom. The molecule has 5 heteroatoms. The minimum atomic E-state index is -0.811. The largest absolute Gasteiger partial charge is 0.493 e. The van der Waals surface area contributed by atoms with Gasteiger partial charge in [-0.2, -0.15) is 10.5 Å². The number of ether oxygens (including phenoxy) is 3. The predicted octanol–water partition coefficient (Wildman–Crippen LogP) is 3.64. The molecule has 2 aromatic carbocycles. The Balaban J connectivity index is 2.11. The maximum absolute atomic E-state index is 8.96. The second kappa shape index (κ2) is 7.77. The number of methoxy groups -OCH3 is 1. The summed E-state index contributed by atoms with van der Waals surface area (Å²) in [4.78, 5) is 0. The van der Waals surface area contributed by atoms with Crippen LogP contribution in [0.15, 0.2) is 42.5 Å². The third-order valence-corrected chi connectivity index (χ3v) is 3.16. The number of nitriles is 2. The van der Waals surface area contributed by atoms with E-state index in [0.717, 1.165) is 0 Å². The van der Waals surface area contributed by atoms with Gasteiger partial charge < -0.3 is 14.2 Å². The quantitative estimate of drug-likeness (QED) is 0.799. The molecule has 0 aliphatic heterocycles. The molecule has 0 radical (unpaired) electrons. The van der Waals surface area contributed by atoms with Crippen LogP contribution < -0.4 is 14.2 Å². The van der Waals surface area contributed by atoms with Crippen LogP contribution in [0, 0.1) is 34.7 Å². The van der Waals surface area contributed by atoms with Crippen LogP contribution in [0.5, 0.6) is 17.2 Å². The van der Waals surface area contributed by atoms with Crippen LogP contribution >= 0.6 is 0 Å². The highest BCUT2D eigenvalue weighted by atomic mass is 16.5. The van der Waals surface area contributed by atoms with Crippen molar-refractivity contribution in [3.63, 3.8) is 0 Å². The Labute approximate surface area is 147 Å². The molecule has 0 spiro atoms. The van der Waals surface area contributed by atoms with E-state index < -0.39 is 5.60 Å². The van der Waals surface area contributed by atoms with Crippen molar-refractivity contribution in [1.29, 1.82) is 10.5 Å². The molecular weight excluding hydrogens is 316 g/mol. The molecule has 5 nitrogen and oxygen atoms in total. The summed E-state index contributed by atoms with van der Waals surface area (Å²) in [7, 11) is 1.51. The Morgan fingerprint density at radius 3 is 2.12 bits per heavy atom. The van der Waals surface area contributed by atoms with Crippen LogP contribution in [0.1, 0.15) is 25.0 Å². The van der Waals surface area contributed by atoms with E-state index in [0.29, 0.717) is 28.4 Å². The average Bonchev–Trinajstić information content (AvgIpc) is 2.61. The number of hydrogen-bond donors (Lipinski definition) is 0. The Bertz CT molecular complexity index is 892. The molecule has 0 N–H and O–H groups in total. The first-order chi connectivity index (χ1) is 12.0. The van der Waals surface area contributed by atoms with Crippen LogP contribution in [0.4, 0.5) is 0 Å². The van der Waals surface area contributed by atoms with Crippen LogP contribution in [0.3, 0.4) is 0 Å². The molecule has 25 heavy (non-hydrogen) atoms. The average molecular weight is 332 g/mol. The molecule has 0 heterocycles. The standard InChI is InChI=1S/C20H16N2O3/c1-20(2,25-17-7-4-15(13-21)5-8-17)10-11-24-19-12-16(14-22)6-9-18(19)23-3/h4-9,12H,1-3H3. The monoisotopic (exact) mass is 332 g/mol. The van der Waals surface area contributed by atoms with Gasteiger partial charge in [0.15, 0.2) is 17.1 Å². The lowest BCUT2D eigenvalue weighted by atomic mass is 10.1. The fraction of sp³-hybridized carbons (Fsp3) is 0.200. The van der Waals surface area contributed by atoms with E-state index in [4.69, 9.17) is 24.7 Å². The zero-order valence-corrected chi connectivity index (χ0v) is 14.2. The predicted molar refractivity (Wildman–Crippen MR) is 92.0 cm³/mol. The molecule has 0 aromatic heterocycles. The first-order valence-electron chi connectivity index (χ1n) is 7.44. The number of benzene rings is 2. The summed E-state index contributed by atoms with van der Waals surface area (Å²) in [6, 6.07) is 15.7. The minimum Gasteiger partial charge on any atom is -0.493 e. The summed E-state index contributed by atoms with van der Waals surface area (Å²) in [6.07, 6.45) is 2.59. The zero-order chi connectivity index (χ0) is 18.3. The highest BCUT2D eigenvalue weighted by Crippen LogP contribution is 2.27. The highest BCUT2D eigenvalue weighted by Gasteiger charge is 2.17. The molecule has 2 aromatic rings. The summed E-state index contributed by atoms with van der Waals surface area (Å²) in [6.45, 7) is 3.59. The van der Waals surface area contributed by atoms with Gasteiger partial charge in [-0.05, 0) is 56.2 Å². The van der Waals surface area contributed by atoms with Crippen molar-refractivity contribution in [2.24, 2.45) is 0 Å². The summed E-state index contributed by atoms with van der Waals surface area (Å²) < 4.78 is 16.4. The highest BCUT2D eigenvalue weighted by molar-refractivity contribution is 5.47. The van der Waals surface area contributed by atoms with E-state index in [1.54, 1.807) is 56.3 Å². The van der Waals surface area contributed by atoms with Gasteiger partial charge in [0, 0.05) is 6.07 Å². The van der Waals surface area contributed by atoms with E-state index in [-0.39, 0.29) is 0 Å². The van der Waals surface area contributed by atoms with Gasteiger partial charge in [0.25, 0.3) is 0 Å². The molecule has 0 aliphatic rings. The van der Waals surface area contributed by atoms with Gasteiger partial charge in [-0.3, -0.25) is 0 Å². The van der Waals surface area contributed by atoms with E-state index in [9.17, 15) is 0 Å². The lowest BCUT2D eigenvalue weighted by Crippen LogP contribution is -2.26. The van der Waals surface area contributed by atoms with Crippen molar-refractivity contribution in [2.45, 2.75) is 19.4 Å². The summed E-state index contributed by atoms with van der Waals surface area (Å²) >= 11 is 0. The van der Waals surface area contributed by atoms with Crippen LogP contribution in [0.25, 0.3) is 0 Å². The fourth-order valence-corrected chi connectivity index (χ4v) is 1.95. The van der Waals surface area contributed by atoms with Crippen LogP contribution in [-0.4, -0.2) is 12.7 Å². The van der Waals surface area contributed by atoms with Gasteiger partial charge in [0.1, 0.15) is 11.9 Å². The summed E-state index contributed by atoms with van der Waals surface area (Å²) in [5.74, 6) is 4.32. The van der Waals surface area contributed by atoms with Crippen molar-refractivity contribution < 1.29 is 14.2 Å². The molecule has 124 valence electrons.